The predicted octanol–water partition coefficient (Wildman–Crippen LogP) is 12.8. The quantitative estimate of drug-likeness (QED) is 0.172. The Morgan fingerprint density at radius 1 is 0.357 bits per heavy atom. The Balaban J connectivity index is 1.23. The molecule has 1 aliphatic rings. The lowest BCUT2D eigenvalue weighted by Gasteiger charge is -2.34. The van der Waals surface area contributed by atoms with E-state index >= 15 is 0 Å². The van der Waals surface area contributed by atoms with Crippen molar-refractivity contribution in [2.24, 2.45) is 0 Å². The predicted molar refractivity (Wildman–Crippen MR) is 226 cm³/mol. The second kappa shape index (κ2) is 12.9. The summed E-state index contributed by atoms with van der Waals surface area (Å²) < 4.78 is 6.86. The van der Waals surface area contributed by atoms with Crippen molar-refractivity contribution in [3.63, 3.8) is 0 Å². The van der Waals surface area contributed by atoms with Gasteiger partial charge in [0.2, 0.25) is 0 Å². The highest BCUT2D eigenvalue weighted by atomic mass is 16.3. The van der Waals surface area contributed by atoms with E-state index in [0.717, 1.165) is 49.8 Å². The normalized spacial score (nSPS) is 12.8. The molecule has 0 saturated carbocycles. The van der Waals surface area contributed by atoms with Gasteiger partial charge in [-0.15, -0.1) is 0 Å². The molecular weight excluding hydrogens is 683 g/mol. The number of fused-ring (bicyclic) bond motifs is 6. The molecule has 0 radical (unpaired) electrons. The molecule has 10 aromatic rings. The average Bonchev–Trinajstić information content (AvgIpc) is 3.81. The van der Waals surface area contributed by atoms with Gasteiger partial charge in [-0.25, -0.2) is 15.0 Å². The van der Waals surface area contributed by atoms with Gasteiger partial charge in [-0.3, -0.25) is 0 Å². The zero-order valence-corrected chi connectivity index (χ0v) is 30.3. The van der Waals surface area contributed by atoms with Crippen molar-refractivity contribution in [1.82, 2.24) is 15.0 Å². The molecule has 1 aliphatic carbocycles. The number of benzene rings is 8. The van der Waals surface area contributed by atoms with E-state index in [-0.39, 0.29) is 0 Å². The lowest BCUT2D eigenvalue weighted by molar-refractivity contribution is 0.670. The minimum Gasteiger partial charge on any atom is -0.455 e. The van der Waals surface area contributed by atoms with E-state index in [1.165, 1.54) is 33.4 Å². The molecule has 0 saturated heterocycles. The summed E-state index contributed by atoms with van der Waals surface area (Å²) in [6.07, 6.45) is 0. The first-order valence-corrected chi connectivity index (χ1v) is 18.9. The topological polar surface area (TPSA) is 51.8 Å². The van der Waals surface area contributed by atoms with Crippen LogP contribution >= 0.6 is 0 Å². The highest BCUT2D eigenvalue weighted by Crippen LogP contribution is 2.57. The van der Waals surface area contributed by atoms with E-state index in [9.17, 15) is 0 Å². The van der Waals surface area contributed by atoms with Crippen LogP contribution in [0.4, 0.5) is 0 Å². The highest BCUT2D eigenvalue weighted by molar-refractivity contribution is 6.12. The van der Waals surface area contributed by atoms with E-state index < -0.39 is 5.41 Å². The van der Waals surface area contributed by atoms with Crippen LogP contribution in [0.5, 0.6) is 0 Å². The van der Waals surface area contributed by atoms with E-state index in [1.807, 2.05) is 72.8 Å². The van der Waals surface area contributed by atoms with Gasteiger partial charge in [-0.05, 0) is 63.2 Å². The smallest absolute Gasteiger partial charge is 0.164 e. The van der Waals surface area contributed by atoms with Crippen molar-refractivity contribution >= 4 is 21.9 Å². The Hall–Kier alpha value is -7.43. The van der Waals surface area contributed by atoms with Gasteiger partial charge in [0.05, 0.1) is 5.41 Å². The van der Waals surface area contributed by atoms with Crippen LogP contribution in [0.1, 0.15) is 22.3 Å². The van der Waals surface area contributed by atoms with E-state index in [1.54, 1.807) is 0 Å². The maximum atomic E-state index is 6.86. The maximum absolute atomic E-state index is 6.86. The molecule has 0 bridgehead atoms. The average molecular weight is 716 g/mol. The maximum Gasteiger partial charge on any atom is 0.164 e. The Morgan fingerprint density at radius 2 is 0.875 bits per heavy atom. The molecule has 11 rings (SSSR count). The fraction of sp³-hybridized carbons (Fsp3) is 0.0192. The fourth-order valence-corrected chi connectivity index (χ4v) is 8.79. The van der Waals surface area contributed by atoms with Crippen LogP contribution < -0.4 is 0 Å². The highest BCUT2D eigenvalue weighted by Gasteiger charge is 2.46. The first-order chi connectivity index (χ1) is 27.8. The van der Waals surface area contributed by atoms with Gasteiger partial charge in [0.15, 0.2) is 17.5 Å². The van der Waals surface area contributed by atoms with Crippen molar-refractivity contribution in [3.05, 3.63) is 222 Å². The van der Waals surface area contributed by atoms with Crippen molar-refractivity contribution in [2.45, 2.75) is 5.41 Å². The van der Waals surface area contributed by atoms with Gasteiger partial charge in [-0.2, -0.15) is 0 Å². The second-order valence-electron chi connectivity index (χ2n) is 14.3. The summed E-state index contributed by atoms with van der Waals surface area (Å²) >= 11 is 0. The van der Waals surface area contributed by atoms with Crippen LogP contribution in [0.25, 0.3) is 78.4 Å². The first-order valence-electron chi connectivity index (χ1n) is 18.9. The molecule has 2 heterocycles. The summed E-state index contributed by atoms with van der Waals surface area (Å²) in [5.41, 5.74) is 13.1. The van der Waals surface area contributed by atoms with E-state index in [4.69, 9.17) is 19.4 Å². The number of aromatic nitrogens is 3. The SMILES string of the molecule is c1ccc(-c2nc(-c3ccccc3)nc(-c3ccc4c(oc5ccccc54)c3-c3ccc4c(c3)C(c3ccccc3)(c3ccccc3)c3ccccc3-4)n2)cc1. The van der Waals surface area contributed by atoms with Crippen LogP contribution in [-0.2, 0) is 5.41 Å². The molecule has 0 unspecified atom stereocenters. The summed E-state index contributed by atoms with van der Waals surface area (Å²) in [6, 6.07) is 70.4. The molecule has 0 spiro atoms. The molecule has 0 amide bonds. The third-order valence-electron chi connectivity index (χ3n) is 11.2. The zero-order chi connectivity index (χ0) is 37.1. The first kappa shape index (κ1) is 32.0. The fourth-order valence-electron chi connectivity index (χ4n) is 8.79. The molecule has 0 aliphatic heterocycles. The Labute approximate surface area is 324 Å². The third kappa shape index (κ3) is 4.89. The lowest BCUT2D eigenvalue weighted by Crippen LogP contribution is -2.28. The molecular formula is C52H33N3O. The van der Waals surface area contributed by atoms with Crippen molar-refractivity contribution in [2.75, 3.05) is 0 Å². The molecule has 4 nitrogen and oxygen atoms in total. The Morgan fingerprint density at radius 3 is 1.54 bits per heavy atom. The van der Waals surface area contributed by atoms with Gasteiger partial charge in [0, 0.05) is 33.0 Å². The monoisotopic (exact) mass is 715 g/mol. The number of hydrogen-bond acceptors (Lipinski definition) is 4. The Kier molecular flexibility index (Phi) is 7.36. The van der Waals surface area contributed by atoms with Gasteiger partial charge < -0.3 is 4.42 Å². The molecule has 0 atom stereocenters. The van der Waals surface area contributed by atoms with E-state index in [0.29, 0.717) is 17.5 Å². The summed E-state index contributed by atoms with van der Waals surface area (Å²) in [6.45, 7) is 0. The van der Waals surface area contributed by atoms with Gasteiger partial charge in [0.25, 0.3) is 0 Å². The molecule has 262 valence electrons. The molecule has 0 N–H and O–H groups in total. The second-order valence-corrected chi connectivity index (χ2v) is 14.3. The standard InChI is InChI=1S/C52H33N3O/c1-5-17-34(18-6-1)49-53-50(35-19-7-2-8-20-35)55-51(54-49)43-32-31-42-41-26-14-16-28-46(41)56-48(42)47(43)36-29-30-40-39-25-13-15-27-44(39)52(45(40)33-36,37-21-9-3-10-22-37)38-23-11-4-12-24-38/h1-33H. The summed E-state index contributed by atoms with van der Waals surface area (Å²) in [4.78, 5) is 15.4. The van der Waals surface area contributed by atoms with Gasteiger partial charge in [-0.1, -0.05) is 176 Å². The summed E-state index contributed by atoms with van der Waals surface area (Å²) in [5.74, 6) is 1.81. The zero-order valence-electron chi connectivity index (χ0n) is 30.3. The summed E-state index contributed by atoms with van der Waals surface area (Å²) in [7, 11) is 0. The molecule has 2 aromatic heterocycles. The lowest BCUT2D eigenvalue weighted by atomic mass is 9.67. The van der Waals surface area contributed by atoms with Gasteiger partial charge >= 0.3 is 0 Å². The number of hydrogen-bond donors (Lipinski definition) is 0. The molecule has 8 aromatic carbocycles. The molecule has 0 fully saturated rings. The molecule has 4 heteroatoms. The van der Waals surface area contributed by atoms with Crippen molar-refractivity contribution < 1.29 is 4.42 Å². The van der Waals surface area contributed by atoms with Crippen molar-refractivity contribution in [1.29, 1.82) is 0 Å². The molecule has 56 heavy (non-hydrogen) atoms. The number of nitrogens with zero attached hydrogens (tertiary/aromatic N) is 3. The minimum absolute atomic E-state index is 0.555. The van der Waals surface area contributed by atoms with Gasteiger partial charge in [0.1, 0.15) is 11.2 Å². The van der Waals surface area contributed by atoms with Crippen LogP contribution in [0.15, 0.2) is 205 Å². The number of furan rings is 1. The van der Waals surface area contributed by atoms with Crippen LogP contribution in [0.2, 0.25) is 0 Å². The Bertz CT molecular complexity index is 2970. The minimum atomic E-state index is -0.555. The van der Waals surface area contributed by atoms with E-state index in [2.05, 4.69) is 127 Å². The third-order valence-corrected chi connectivity index (χ3v) is 11.2. The van der Waals surface area contributed by atoms with Crippen LogP contribution in [0.3, 0.4) is 0 Å². The van der Waals surface area contributed by atoms with Crippen LogP contribution in [0, 0.1) is 0 Å². The number of rotatable bonds is 6. The van der Waals surface area contributed by atoms with Crippen LogP contribution in [-0.4, -0.2) is 15.0 Å². The van der Waals surface area contributed by atoms with Crippen molar-refractivity contribution in [3.8, 4) is 56.4 Å². The number of para-hydroxylation sites is 1. The largest absolute Gasteiger partial charge is 0.455 e. The summed E-state index contributed by atoms with van der Waals surface area (Å²) in [5, 5.41) is 2.11.